The number of rotatable bonds is 68. The van der Waals surface area contributed by atoms with Crippen molar-refractivity contribution in [1.29, 1.82) is 0 Å². The van der Waals surface area contributed by atoms with Gasteiger partial charge in [-0.25, -0.2) is 9.13 Å². The highest BCUT2D eigenvalue weighted by Crippen LogP contribution is 2.45. The second kappa shape index (κ2) is 60.7. The Morgan fingerprint density at radius 1 is 0.311 bits per heavy atom. The number of carbonyl (C=O) groups is 4. The number of hydrogen-bond donors (Lipinski definition) is 3. The molecule has 0 aromatic carbocycles. The zero-order chi connectivity index (χ0) is 66.8. The van der Waals surface area contributed by atoms with Crippen LogP contribution in [0.2, 0.25) is 0 Å². The molecule has 0 heterocycles. The van der Waals surface area contributed by atoms with Crippen molar-refractivity contribution in [2.24, 2.45) is 23.7 Å². The van der Waals surface area contributed by atoms with Crippen LogP contribution in [-0.2, 0) is 65.4 Å². The highest BCUT2D eigenvalue weighted by atomic mass is 31.2. The molecule has 0 saturated carbocycles. The lowest BCUT2D eigenvalue weighted by Crippen LogP contribution is -2.30. The van der Waals surface area contributed by atoms with Crippen molar-refractivity contribution in [3.05, 3.63) is 0 Å². The second-order valence-electron chi connectivity index (χ2n) is 26.8. The average molecular weight is 1330 g/mol. The number of ether oxygens (including phenoxy) is 4. The van der Waals surface area contributed by atoms with E-state index in [2.05, 4.69) is 55.4 Å². The third-order valence-electron chi connectivity index (χ3n) is 17.4. The summed E-state index contributed by atoms with van der Waals surface area (Å²) in [6, 6.07) is 0. The number of aliphatic hydroxyl groups is 1. The van der Waals surface area contributed by atoms with Gasteiger partial charge >= 0.3 is 39.5 Å². The fourth-order valence-corrected chi connectivity index (χ4v) is 12.1. The quantitative estimate of drug-likeness (QED) is 0.0222. The van der Waals surface area contributed by atoms with Gasteiger partial charge in [-0.3, -0.25) is 37.3 Å². The zero-order valence-corrected chi connectivity index (χ0v) is 60.6. The van der Waals surface area contributed by atoms with Crippen LogP contribution < -0.4 is 0 Å². The molecule has 0 radical (unpaired) electrons. The van der Waals surface area contributed by atoms with E-state index in [-0.39, 0.29) is 25.7 Å². The molecule has 90 heavy (non-hydrogen) atoms. The minimum Gasteiger partial charge on any atom is -0.462 e. The van der Waals surface area contributed by atoms with Gasteiger partial charge in [0.2, 0.25) is 0 Å². The van der Waals surface area contributed by atoms with Gasteiger partial charge in [0.25, 0.3) is 0 Å². The monoisotopic (exact) mass is 1320 g/mol. The molecule has 3 N–H and O–H groups in total. The lowest BCUT2D eigenvalue weighted by Gasteiger charge is -2.21. The summed E-state index contributed by atoms with van der Waals surface area (Å²) in [4.78, 5) is 72.5. The summed E-state index contributed by atoms with van der Waals surface area (Å²) in [5.41, 5.74) is 0. The van der Waals surface area contributed by atoms with Crippen LogP contribution in [0.3, 0.4) is 0 Å². The van der Waals surface area contributed by atoms with E-state index in [0.29, 0.717) is 31.6 Å². The van der Waals surface area contributed by atoms with Crippen molar-refractivity contribution in [1.82, 2.24) is 0 Å². The second-order valence-corrected chi connectivity index (χ2v) is 29.7. The van der Waals surface area contributed by atoms with E-state index in [1.54, 1.807) is 0 Å². The Hall–Kier alpha value is -1.94. The summed E-state index contributed by atoms with van der Waals surface area (Å²) in [7, 11) is -9.90. The molecule has 0 rings (SSSR count). The van der Waals surface area contributed by atoms with E-state index < -0.39 is 97.5 Å². The Morgan fingerprint density at radius 3 is 0.789 bits per heavy atom. The molecule has 8 atom stereocenters. The van der Waals surface area contributed by atoms with Crippen LogP contribution >= 0.6 is 15.6 Å². The van der Waals surface area contributed by atoms with Crippen molar-refractivity contribution >= 4 is 39.5 Å². The first-order valence-corrected chi connectivity index (χ1v) is 39.8. The summed E-state index contributed by atoms with van der Waals surface area (Å²) >= 11 is 0. The topological polar surface area (TPSA) is 237 Å². The fraction of sp³-hybridized carbons (Fsp3) is 0.944. The normalized spacial score (nSPS) is 15.2. The van der Waals surface area contributed by atoms with Crippen LogP contribution in [0.15, 0.2) is 0 Å². The Balaban J connectivity index is 5.23. The van der Waals surface area contributed by atoms with Crippen molar-refractivity contribution < 1.29 is 80.2 Å². The molecule has 0 aliphatic heterocycles. The third-order valence-corrected chi connectivity index (χ3v) is 19.3. The molecule has 0 aliphatic rings. The standard InChI is InChI=1S/C71H138O17P2/c1-9-62(6)48-40-32-24-18-16-14-12-13-15-17-19-26-37-45-53-70(75)87-66(57-81-68(73)51-43-35-28-22-23-31-39-47-61(4)5)59-85-89(77,78)83-55-65(72)56-84-90(79,80)86-60-67(58-82-69(74)52-44-36-30-29-34-42-50-64(8)11-3)88-71(76)54-46-38-27-21-20-25-33-41-49-63(7)10-2/h61-67,72H,9-60H2,1-8H3,(H,77,78)(H,79,80)/t62?,63?,64?,65?,66-,67-/m1/s1. The maximum Gasteiger partial charge on any atom is 0.472 e. The molecular weight excluding hydrogens is 1190 g/mol. The van der Waals surface area contributed by atoms with E-state index in [1.807, 2.05) is 0 Å². The smallest absolute Gasteiger partial charge is 0.462 e. The van der Waals surface area contributed by atoms with Crippen LogP contribution in [0, 0.1) is 23.7 Å². The molecule has 17 nitrogen and oxygen atoms in total. The Kier molecular flexibility index (Phi) is 59.4. The van der Waals surface area contributed by atoms with Crippen molar-refractivity contribution in [2.45, 2.75) is 369 Å². The summed E-state index contributed by atoms with van der Waals surface area (Å²) < 4.78 is 68.3. The van der Waals surface area contributed by atoms with E-state index in [0.717, 1.165) is 120 Å². The minimum absolute atomic E-state index is 0.104. The predicted molar refractivity (Wildman–Crippen MR) is 363 cm³/mol. The first-order chi connectivity index (χ1) is 43.2. The van der Waals surface area contributed by atoms with Gasteiger partial charge in [0.1, 0.15) is 19.3 Å². The van der Waals surface area contributed by atoms with Crippen molar-refractivity contribution in [3.8, 4) is 0 Å². The SMILES string of the molecule is CCC(C)CCCCCCCCCCCCCCCCC(=O)O[C@H](COC(=O)CCCCCCCCCC(C)C)COP(=O)(O)OCC(O)COP(=O)(O)OC[C@@H](COC(=O)CCCCCCCCC(C)CC)OC(=O)CCCCCCCCCCC(C)CC. The van der Waals surface area contributed by atoms with E-state index >= 15 is 0 Å². The van der Waals surface area contributed by atoms with Gasteiger partial charge in [-0.1, -0.05) is 299 Å². The number of unbranched alkanes of at least 4 members (excludes halogenated alkanes) is 31. The molecule has 0 fully saturated rings. The number of aliphatic hydroxyl groups excluding tert-OH is 1. The van der Waals surface area contributed by atoms with Gasteiger partial charge < -0.3 is 33.8 Å². The molecule has 0 amide bonds. The maximum absolute atomic E-state index is 13.0. The van der Waals surface area contributed by atoms with Gasteiger partial charge in [-0.2, -0.15) is 0 Å². The van der Waals surface area contributed by atoms with Crippen LogP contribution in [-0.4, -0.2) is 96.7 Å². The zero-order valence-electron chi connectivity index (χ0n) is 58.8. The predicted octanol–water partition coefficient (Wildman–Crippen LogP) is 20.1. The van der Waals surface area contributed by atoms with Crippen LogP contribution in [0.5, 0.6) is 0 Å². The van der Waals surface area contributed by atoms with Gasteiger partial charge in [-0.05, 0) is 49.4 Å². The number of hydrogen-bond acceptors (Lipinski definition) is 15. The molecule has 19 heteroatoms. The Bertz CT molecular complexity index is 1790. The van der Waals surface area contributed by atoms with E-state index in [4.69, 9.17) is 37.0 Å². The molecule has 0 aliphatic carbocycles. The molecule has 0 spiro atoms. The number of carbonyl (C=O) groups excluding carboxylic acids is 4. The molecule has 0 saturated heterocycles. The van der Waals surface area contributed by atoms with Crippen molar-refractivity contribution in [2.75, 3.05) is 39.6 Å². The first kappa shape index (κ1) is 88.1. The van der Waals surface area contributed by atoms with Crippen LogP contribution in [0.25, 0.3) is 0 Å². The summed E-state index contributed by atoms with van der Waals surface area (Å²) in [6.45, 7) is 14.1. The van der Waals surface area contributed by atoms with Gasteiger partial charge in [0.05, 0.1) is 26.4 Å². The van der Waals surface area contributed by atoms with Gasteiger partial charge in [0.15, 0.2) is 12.2 Å². The molecule has 534 valence electrons. The number of esters is 4. The van der Waals surface area contributed by atoms with Crippen molar-refractivity contribution in [3.63, 3.8) is 0 Å². The van der Waals surface area contributed by atoms with Crippen LogP contribution in [0.1, 0.15) is 351 Å². The number of phosphoric acid groups is 2. The first-order valence-electron chi connectivity index (χ1n) is 36.8. The fourth-order valence-electron chi connectivity index (χ4n) is 10.6. The molecule has 0 aromatic rings. The molecular formula is C71H138O17P2. The summed E-state index contributed by atoms with van der Waals surface area (Å²) in [5, 5.41) is 10.6. The minimum atomic E-state index is -4.95. The average Bonchev–Trinajstić information content (AvgIpc) is 2.34. The highest BCUT2D eigenvalue weighted by molar-refractivity contribution is 7.47. The maximum atomic E-state index is 13.0. The van der Waals surface area contributed by atoms with E-state index in [1.165, 1.54) is 141 Å². The number of phosphoric ester groups is 2. The van der Waals surface area contributed by atoms with Crippen LogP contribution in [0.4, 0.5) is 0 Å². The third kappa shape index (κ3) is 61.0. The summed E-state index contributed by atoms with van der Waals surface area (Å²) in [5.74, 6) is 0.920. The Labute approximate surface area is 549 Å². The van der Waals surface area contributed by atoms with Gasteiger partial charge in [-0.15, -0.1) is 0 Å². The molecule has 0 bridgehead atoms. The lowest BCUT2D eigenvalue weighted by atomic mass is 9.99. The highest BCUT2D eigenvalue weighted by Gasteiger charge is 2.30. The largest absolute Gasteiger partial charge is 0.472 e. The van der Waals surface area contributed by atoms with E-state index in [9.17, 15) is 43.2 Å². The lowest BCUT2D eigenvalue weighted by molar-refractivity contribution is -0.161. The molecule has 6 unspecified atom stereocenters. The van der Waals surface area contributed by atoms with Gasteiger partial charge in [0, 0.05) is 25.7 Å². The Morgan fingerprint density at radius 2 is 0.533 bits per heavy atom. The summed E-state index contributed by atoms with van der Waals surface area (Å²) in [6.07, 6.45) is 43.1. The molecule has 0 aromatic heterocycles.